The smallest absolute Gasteiger partial charge is 0.0551 e. The van der Waals surface area contributed by atoms with Crippen molar-refractivity contribution in [1.29, 1.82) is 0 Å². The fraction of sp³-hybridized carbons (Fsp3) is 0. The van der Waals surface area contributed by atoms with Crippen molar-refractivity contribution in [1.82, 2.24) is 4.98 Å². The molecular formula is C52H33N. The quantitative estimate of drug-likeness (QED) is 0.142. The van der Waals surface area contributed by atoms with Gasteiger partial charge in [0.1, 0.15) is 0 Å². The molecule has 0 spiro atoms. The van der Waals surface area contributed by atoms with Crippen LogP contribution >= 0.6 is 0 Å². The summed E-state index contributed by atoms with van der Waals surface area (Å²) in [6.07, 6.45) is 0. The number of fused-ring (bicyclic) bond motifs is 10. The lowest BCUT2D eigenvalue weighted by Crippen LogP contribution is -1.91. The summed E-state index contributed by atoms with van der Waals surface area (Å²) in [4.78, 5) is 3.80. The van der Waals surface area contributed by atoms with E-state index in [-0.39, 0.29) is 0 Å². The van der Waals surface area contributed by atoms with Crippen LogP contribution in [0.3, 0.4) is 0 Å². The number of hydrogen-bond acceptors (Lipinski definition) is 0. The minimum Gasteiger partial charge on any atom is -0.354 e. The van der Waals surface area contributed by atoms with Gasteiger partial charge in [-0.15, -0.1) is 0 Å². The summed E-state index contributed by atoms with van der Waals surface area (Å²) in [5, 5.41) is 12.7. The molecule has 0 bridgehead atoms. The number of rotatable bonds is 4. The summed E-state index contributed by atoms with van der Waals surface area (Å²) in [6, 6.07) is 71.1. The molecule has 0 aliphatic heterocycles. The van der Waals surface area contributed by atoms with Gasteiger partial charge >= 0.3 is 0 Å². The first-order valence-electron chi connectivity index (χ1n) is 18.4. The van der Waals surface area contributed by atoms with Gasteiger partial charge in [0.05, 0.1) is 5.52 Å². The third kappa shape index (κ3) is 4.64. The Hall–Kier alpha value is -6.96. The molecule has 0 aliphatic rings. The Labute approximate surface area is 307 Å². The van der Waals surface area contributed by atoms with Gasteiger partial charge in [-0.05, 0) is 106 Å². The van der Waals surface area contributed by atoms with E-state index in [1.54, 1.807) is 0 Å². The maximum atomic E-state index is 3.80. The first-order chi connectivity index (χ1) is 26.3. The molecular weight excluding hydrogens is 639 g/mol. The molecule has 0 radical (unpaired) electrons. The SMILES string of the molecule is c1ccc(-c2cccc(-c3c4ccccc4c(-c4cccc(-c5ccc6[nH]c7c8ccccc8c8ccccc8c7c6c5)c4)c4ccccc34)c2)cc1. The van der Waals surface area contributed by atoms with E-state index in [9.17, 15) is 0 Å². The number of benzene rings is 10. The van der Waals surface area contributed by atoms with Crippen LogP contribution < -0.4 is 0 Å². The Bertz CT molecular complexity index is 3160. The Kier molecular flexibility index (Phi) is 6.62. The molecule has 0 aliphatic carbocycles. The normalized spacial score (nSPS) is 11.8. The topological polar surface area (TPSA) is 15.8 Å². The van der Waals surface area contributed by atoms with Gasteiger partial charge in [-0.3, -0.25) is 0 Å². The lowest BCUT2D eigenvalue weighted by molar-refractivity contribution is 1.56. The number of aromatic nitrogens is 1. The first-order valence-corrected chi connectivity index (χ1v) is 18.4. The van der Waals surface area contributed by atoms with E-state index in [1.807, 2.05) is 0 Å². The molecule has 1 heterocycles. The molecule has 0 amide bonds. The molecule has 0 atom stereocenters. The lowest BCUT2D eigenvalue weighted by Gasteiger charge is -2.18. The average Bonchev–Trinajstić information content (AvgIpc) is 3.63. The first kappa shape index (κ1) is 29.7. The third-order valence-electron chi connectivity index (χ3n) is 11.2. The monoisotopic (exact) mass is 671 g/mol. The number of aromatic amines is 1. The molecule has 11 rings (SSSR count). The van der Waals surface area contributed by atoms with Crippen LogP contribution in [0.2, 0.25) is 0 Å². The van der Waals surface area contributed by atoms with Gasteiger partial charge in [0.2, 0.25) is 0 Å². The Morgan fingerprint density at radius 1 is 0.245 bits per heavy atom. The van der Waals surface area contributed by atoms with Gasteiger partial charge in [0, 0.05) is 21.7 Å². The van der Waals surface area contributed by atoms with Crippen molar-refractivity contribution in [2.24, 2.45) is 0 Å². The molecule has 0 saturated carbocycles. The highest BCUT2D eigenvalue weighted by Gasteiger charge is 2.18. The summed E-state index contributed by atoms with van der Waals surface area (Å²) >= 11 is 0. The fourth-order valence-electron chi connectivity index (χ4n) is 8.81. The highest BCUT2D eigenvalue weighted by atomic mass is 14.7. The van der Waals surface area contributed by atoms with Crippen LogP contribution in [0, 0.1) is 0 Å². The van der Waals surface area contributed by atoms with Crippen molar-refractivity contribution in [3.05, 3.63) is 194 Å². The van der Waals surface area contributed by atoms with Crippen molar-refractivity contribution >= 4 is 64.9 Å². The zero-order valence-electron chi connectivity index (χ0n) is 29.0. The molecule has 0 fully saturated rings. The molecule has 53 heavy (non-hydrogen) atoms. The molecule has 1 aromatic heterocycles. The van der Waals surface area contributed by atoms with Gasteiger partial charge < -0.3 is 4.98 Å². The second kappa shape index (κ2) is 11.8. The van der Waals surface area contributed by atoms with Crippen molar-refractivity contribution in [3.63, 3.8) is 0 Å². The minimum absolute atomic E-state index is 1.16. The summed E-state index contributed by atoms with van der Waals surface area (Å²) < 4.78 is 0. The molecule has 0 saturated heterocycles. The average molecular weight is 672 g/mol. The summed E-state index contributed by atoms with van der Waals surface area (Å²) in [6.45, 7) is 0. The number of H-pyrrole nitrogens is 1. The van der Waals surface area contributed by atoms with Gasteiger partial charge in [-0.2, -0.15) is 0 Å². The number of nitrogens with one attached hydrogen (secondary N) is 1. The molecule has 1 N–H and O–H groups in total. The van der Waals surface area contributed by atoms with Crippen LogP contribution in [-0.2, 0) is 0 Å². The molecule has 10 aromatic carbocycles. The van der Waals surface area contributed by atoms with Crippen LogP contribution in [-0.4, -0.2) is 4.98 Å². The minimum atomic E-state index is 1.16. The van der Waals surface area contributed by atoms with Crippen LogP contribution in [0.15, 0.2) is 194 Å². The maximum Gasteiger partial charge on any atom is 0.0551 e. The summed E-state index contributed by atoms with van der Waals surface area (Å²) in [7, 11) is 0. The number of hydrogen-bond donors (Lipinski definition) is 1. The third-order valence-corrected chi connectivity index (χ3v) is 11.2. The fourth-order valence-corrected chi connectivity index (χ4v) is 8.81. The second-order valence-corrected chi connectivity index (χ2v) is 14.1. The lowest BCUT2D eigenvalue weighted by atomic mass is 9.85. The van der Waals surface area contributed by atoms with Crippen molar-refractivity contribution < 1.29 is 0 Å². The van der Waals surface area contributed by atoms with Gasteiger partial charge in [0.25, 0.3) is 0 Å². The predicted octanol–water partition coefficient (Wildman–Crippen LogP) is 14.6. The zero-order valence-corrected chi connectivity index (χ0v) is 29.0. The second-order valence-electron chi connectivity index (χ2n) is 14.1. The largest absolute Gasteiger partial charge is 0.354 e. The Morgan fingerprint density at radius 3 is 1.25 bits per heavy atom. The van der Waals surface area contributed by atoms with Crippen LogP contribution in [0.5, 0.6) is 0 Å². The summed E-state index contributed by atoms with van der Waals surface area (Å²) in [5.41, 5.74) is 12.2. The van der Waals surface area contributed by atoms with Crippen LogP contribution in [0.4, 0.5) is 0 Å². The summed E-state index contributed by atoms with van der Waals surface area (Å²) in [5.74, 6) is 0. The van der Waals surface area contributed by atoms with Crippen molar-refractivity contribution in [2.75, 3.05) is 0 Å². The van der Waals surface area contributed by atoms with Gasteiger partial charge in [0.15, 0.2) is 0 Å². The molecule has 1 heteroatoms. The van der Waals surface area contributed by atoms with E-state index in [0.717, 1.165) is 5.52 Å². The van der Waals surface area contributed by atoms with E-state index >= 15 is 0 Å². The Morgan fingerprint density at radius 2 is 0.660 bits per heavy atom. The van der Waals surface area contributed by atoms with E-state index in [0.29, 0.717) is 0 Å². The van der Waals surface area contributed by atoms with Gasteiger partial charge in [-0.1, -0.05) is 170 Å². The van der Waals surface area contributed by atoms with E-state index in [1.165, 1.54) is 104 Å². The maximum absolute atomic E-state index is 3.80. The highest BCUT2D eigenvalue weighted by Crippen LogP contribution is 2.45. The standard InChI is InChI=1S/C52H33N/c1-2-14-33(15-3-1)34-16-12-18-37(30-34)49-42-23-7-9-25-44(42)50(45-26-10-8-24-43(45)49)38-19-13-17-35(31-38)36-28-29-48-47(32-36)51-41-22-6-4-20-39(41)40-21-5-11-27-46(40)52(51)53-48/h1-32,53H. The predicted molar refractivity (Wildman–Crippen MR) is 228 cm³/mol. The van der Waals surface area contributed by atoms with Gasteiger partial charge in [-0.25, -0.2) is 0 Å². The van der Waals surface area contributed by atoms with Crippen molar-refractivity contribution in [2.45, 2.75) is 0 Å². The van der Waals surface area contributed by atoms with E-state index < -0.39 is 0 Å². The molecule has 246 valence electrons. The zero-order chi connectivity index (χ0) is 34.9. The molecule has 1 nitrogen and oxygen atoms in total. The highest BCUT2D eigenvalue weighted by molar-refractivity contribution is 6.31. The Balaban J connectivity index is 1.11. The van der Waals surface area contributed by atoms with Crippen molar-refractivity contribution in [3.8, 4) is 44.5 Å². The van der Waals surface area contributed by atoms with E-state index in [4.69, 9.17) is 0 Å². The van der Waals surface area contributed by atoms with Crippen LogP contribution in [0.25, 0.3) is 109 Å². The molecule has 11 aromatic rings. The van der Waals surface area contributed by atoms with Crippen LogP contribution in [0.1, 0.15) is 0 Å². The molecule has 0 unspecified atom stereocenters. The van der Waals surface area contributed by atoms with E-state index in [2.05, 4.69) is 199 Å².